The number of nitro benzene ring substituents is 1. The zero-order valence-electron chi connectivity index (χ0n) is 14.0. The summed E-state index contributed by atoms with van der Waals surface area (Å²) in [6.45, 7) is 1.31. The Morgan fingerprint density at radius 2 is 2.15 bits per heavy atom. The highest BCUT2D eigenvalue weighted by atomic mass is 16.6. The maximum absolute atomic E-state index is 12.6. The Bertz CT molecular complexity index is 809. The Morgan fingerprint density at radius 3 is 2.77 bits per heavy atom. The maximum atomic E-state index is 12.6. The first-order valence-electron chi connectivity index (χ1n) is 7.94. The normalized spacial score (nSPS) is 22.0. The van der Waals surface area contributed by atoms with Gasteiger partial charge in [0.15, 0.2) is 6.61 Å². The molecule has 2 aliphatic heterocycles. The van der Waals surface area contributed by atoms with E-state index >= 15 is 0 Å². The Kier molecular flexibility index (Phi) is 4.26. The summed E-state index contributed by atoms with van der Waals surface area (Å²) < 4.78 is 5.26. The molecule has 0 spiro atoms. The molecular weight excluding hydrogens is 346 g/mol. The number of fused-ring (bicyclic) bond motifs is 1. The van der Waals surface area contributed by atoms with Gasteiger partial charge in [-0.15, -0.1) is 0 Å². The summed E-state index contributed by atoms with van der Waals surface area (Å²) >= 11 is 0. The zero-order valence-corrected chi connectivity index (χ0v) is 14.0. The van der Waals surface area contributed by atoms with Crippen LogP contribution in [0.4, 0.5) is 11.4 Å². The van der Waals surface area contributed by atoms with E-state index in [-0.39, 0.29) is 43.4 Å². The van der Waals surface area contributed by atoms with Crippen molar-refractivity contribution >= 4 is 29.2 Å². The third-order valence-electron chi connectivity index (χ3n) is 4.73. The zero-order chi connectivity index (χ0) is 19.1. The van der Waals surface area contributed by atoms with E-state index in [2.05, 4.69) is 0 Å². The summed E-state index contributed by atoms with van der Waals surface area (Å²) in [6.07, 6.45) is 0.327. The molecule has 1 saturated heterocycles. The van der Waals surface area contributed by atoms with Gasteiger partial charge in [0.2, 0.25) is 5.91 Å². The van der Waals surface area contributed by atoms with Crippen molar-refractivity contribution in [2.24, 2.45) is 5.41 Å². The minimum absolute atomic E-state index is 0.0570. The predicted octanol–water partition coefficient (Wildman–Crippen LogP) is 0.643. The number of non-ortho nitro benzene ring substituents is 1. The molecule has 1 N–H and O–H groups in total. The van der Waals surface area contributed by atoms with Crippen molar-refractivity contribution < 1.29 is 29.2 Å². The number of carboxylic acid groups (broad SMARTS) is 1. The van der Waals surface area contributed by atoms with E-state index in [0.29, 0.717) is 6.42 Å². The van der Waals surface area contributed by atoms with Gasteiger partial charge in [0.25, 0.3) is 11.6 Å². The lowest BCUT2D eigenvalue weighted by Gasteiger charge is -2.30. The van der Waals surface area contributed by atoms with E-state index in [9.17, 15) is 29.6 Å². The van der Waals surface area contributed by atoms with E-state index in [1.807, 2.05) is 0 Å². The average molecular weight is 363 g/mol. The topological polar surface area (TPSA) is 130 Å². The number of nitro groups is 1. The smallest absolute Gasteiger partial charge is 0.311 e. The fraction of sp³-hybridized carbons (Fsp3) is 0.438. The summed E-state index contributed by atoms with van der Waals surface area (Å²) in [5.41, 5.74) is -1.08. The van der Waals surface area contributed by atoms with Gasteiger partial charge in [0.1, 0.15) is 12.3 Å². The number of hydrogen-bond acceptors (Lipinski definition) is 6. The van der Waals surface area contributed by atoms with Crippen molar-refractivity contribution in [2.45, 2.75) is 13.3 Å². The third-order valence-corrected chi connectivity index (χ3v) is 4.73. The number of rotatable bonds is 4. The Hall–Kier alpha value is -3.17. The van der Waals surface area contributed by atoms with Gasteiger partial charge in [-0.05, 0) is 19.4 Å². The van der Waals surface area contributed by atoms with E-state index in [1.165, 1.54) is 23.1 Å². The van der Waals surface area contributed by atoms with Gasteiger partial charge in [-0.2, -0.15) is 0 Å². The van der Waals surface area contributed by atoms with Crippen LogP contribution in [0.1, 0.15) is 13.3 Å². The van der Waals surface area contributed by atoms with Crippen molar-refractivity contribution in [3.8, 4) is 5.75 Å². The first-order chi connectivity index (χ1) is 12.2. The highest BCUT2D eigenvalue weighted by Crippen LogP contribution is 2.36. The van der Waals surface area contributed by atoms with Gasteiger partial charge in [0.05, 0.1) is 16.0 Å². The number of likely N-dealkylation sites (tertiary alicyclic amines) is 1. The number of aliphatic carboxylic acids is 1. The van der Waals surface area contributed by atoms with Crippen molar-refractivity contribution in [1.29, 1.82) is 0 Å². The van der Waals surface area contributed by atoms with Crippen molar-refractivity contribution in [3.05, 3.63) is 28.3 Å². The molecule has 3 rings (SSSR count). The molecule has 0 radical (unpaired) electrons. The van der Waals surface area contributed by atoms with Gasteiger partial charge in [-0.3, -0.25) is 29.4 Å². The van der Waals surface area contributed by atoms with E-state index < -0.39 is 28.1 Å². The van der Waals surface area contributed by atoms with E-state index in [4.69, 9.17) is 4.74 Å². The second-order valence-corrected chi connectivity index (χ2v) is 6.61. The van der Waals surface area contributed by atoms with Gasteiger partial charge < -0.3 is 14.7 Å². The molecule has 1 aromatic rings. The highest BCUT2D eigenvalue weighted by Gasteiger charge is 2.42. The molecule has 0 aromatic heterocycles. The van der Waals surface area contributed by atoms with Crippen LogP contribution < -0.4 is 9.64 Å². The number of hydrogen-bond donors (Lipinski definition) is 1. The minimum Gasteiger partial charge on any atom is -0.482 e. The predicted molar refractivity (Wildman–Crippen MR) is 87.9 cm³/mol. The first-order valence-corrected chi connectivity index (χ1v) is 7.94. The summed E-state index contributed by atoms with van der Waals surface area (Å²) in [5.74, 6) is -1.61. The fourth-order valence-electron chi connectivity index (χ4n) is 3.06. The molecule has 1 atom stereocenters. The molecule has 138 valence electrons. The lowest BCUT2D eigenvalue weighted by molar-refractivity contribution is -0.384. The SMILES string of the molecule is CC1(C(=O)O)CCN(C(=O)CN2C(=O)COc3ccc([N+](=O)[O-])cc32)C1. The molecule has 0 aliphatic carbocycles. The molecule has 0 bridgehead atoms. The number of amides is 2. The van der Waals surface area contributed by atoms with Crippen LogP contribution in [0.2, 0.25) is 0 Å². The summed E-state index contributed by atoms with van der Waals surface area (Å²) in [4.78, 5) is 49.0. The second-order valence-electron chi connectivity index (χ2n) is 6.61. The lowest BCUT2D eigenvalue weighted by atomic mass is 9.90. The molecule has 2 heterocycles. The standard InChI is InChI=1S/C16H17N3O7/c1-16(15(22)23)4-5-17(9-16)13(20)7-18-11-6-10(19(24)25)2-3-12(11)26-8-14(18)21/h2-3,6H,4-5,7-9H2,1H3,(H,22,23). The monoisotopic (exact) mass is 363 g/mol. The lowest BCUT2D eigenvalue weighted by Crippen LogP contribution is -2.46. The average Bonchev–Trinajstić information content (AvgIpc) is 3.01. The molecule has 2 amide bonds. The van der Waals surface area contributed by atoms with Crippen LogP contribution in [-0.2, 0) is 14.4 Å². The third kappa shape index (κ3) is 3.05. The highest BCUT2D eigenvalue weighted by molar-refractivity contribution is 6.02. The van der Waals surface area contributed by atoms with Gasteiger partial charge in [-0.1, -0.05) is 0 Å². The molecule has 2 aliphatic rings. The molecule has 0 saturated carbocycles. The van der Waals surface area contributed by atoms with E-state index in [1.54, 1.807) is 6.92 Å². The van der Waals surface area contributed by atoms with Crippen molar-refractivity contribution in [1.82, 2.24) is 4.90 Å². The van der Waals surface area contributed by atoms with Gasteiger partial charge in [-0.25, -0.2) is 0 Å². The van der Waals surface area contributed by atoms with Crippen LogP contribution in [0.5, 0.6) is 5.75 Å². The van der Waals surface area contributed by atoms with Gasteiger partial charge in [0, 0.05) is 25.2 Å². The van der Waals surface area contributed by atoms with Crippen molar-refractivity contribution in [3.63, 3.8) is 0 Å². The number of benzene rings is 1. The fourth-order valence-corrected chi connectivity index (χ4v) is 3.06. The number of ether oxygens (including phenoxy) is 1. The number of anilines is 1. The number of nitrogens with zero attached hydrogens (tertiary/aromatic N) is 3. The molecule has 1 unspecified atom stereocenters. The summed E-state index contributed by atoms with van der Waals surface area (Å²) in [6, 6.07) is 3.83. The molecule has 10 nitrogen and oxygen atoms in total. The van der Waals surface area contributed by atoms with Crippen LogP contribution >= 0.6 is 0 Å². The minimum atomic E-state index is -1.01. The number of carbonyl (C=O) groups excluding carboxylic acids is 2. The Labute approximate surface area is 148 Å². The summed E-state index contributed by atoms with van der Waals surface area (Å²) in [5, 5.41) is 20.2. The second kappa shape index (κ2) is 6.28. The molecule has 26 heavy (non-hydrogen) atoms. The van der Waals surface area contributed by atoms with E-state index in [0.717, 1.165) is 4.90 Å². The van der Waals surface area contributed by atoms with Crippen LogP contribution in [-0.4, -0.2) is 59.0 Å². The Morgan fingerprint density at radius 1 is 1.42 bits per heavy atom. The summed E-state index contributed by atoms with van der Waals surface area (Å²) in [7, 11) is 0. The van der Waals surface area contributed by atoms with Crippen LogP contribution in [0.25, 0.3) is 0 Å². The van der Waals surface area contributed by atoms with Crippen molar-refractivity contribution in [2.75, 3.05) is 31.1 Å². The van der Waals surface area contributed by atoms with Gasteiger partial charge >= 0.3 is 5.97 Å². The maximum Gasteiger partial charge on any atom is 0.311 e. The largest absolute Gasteiger partial charge is 0.482 e. The first kappa shape index (κ1) is 17.6. The van der Waals surface area contributed by atoms with Crippen LogP contribution in [0, 0.1) is 15.5 Å². The molecule has 1 aromatic carbocycles. The molecule has 1 fully saturated rings. The quantitative estimate of drug-likeness (QED) is 0.613. The number of carboxylic acids is 1. The number of carbonyl (C=O) groups is 3. The molecule has 10 heteroatoms. The van der Waals surface area contributed by atoms with Crippen LogP contribution in [0.15, 0.2) is 18.2 Å². The Balaban J connectivity index is 1.81. The van der Waals surface area contributed by atoms with Crippen LogP contribution in [0.3, 0.4) is 0 Å². The molecular formula is C16H17N3O7.